The summed E-state index contributed by atoms with van der Waals surface area (Å²) in [5.74, 6) is 0.744. The van der Waals surface area contributed by atoms with E-state index in [0.717, 1.165) is 43.0 Å². The number of carbonyl (C=O) groups is 1. The van der Waals surface area contributed by atoms with Crippen LogP contribution in [0.5, 0.6) is 0 Å². The predicted molar refractivity (Wildman–Crippen MR) is 111 cm³/mol. The molecule has 0 saturated carbocycles. The van der Waals surface area contributed by atoms with Crippen molar-refractivity contribution in [3.05, 3.63) is 58.9 Å². The second-order valence-corrected chi connectivity index (χ2v) is 8.10. The highest BCUT2D eigenvalue weighted by Gasteiger charge is 2.25. The van der Waals surface area contributed by atoms with Crippen molar-refractivity contribution < 1.29 is 4.79 Å². The third kappa shape index (κ3) is 4.81. The molecule has 1 aromatic carbocycles. The molecule has 0 aliphatic carbocycles. The van der Waals surface area contributed by atoms with Crippen LogP contribution in [0.25, 0.3) is 0 Å². The Kier molecular flexibility index (Phi) is 6.38. The lowest BCUT2D eigenvalue weighted by Crippen LogP contribution is -2.42. The Balaban J connectivity index is 1.77. The van der Waals surface area contributed by atoms with E-state index < -0.39 is 0 Å². The van der Waals surface area contributed by atoms with Gasteiger partial charge in [-0.15, -0.1) is 0 Å². The van der Waals surface area contributed by atoms with E-state index >= 15 is 0 Å². The first kappa shape index (κ1) is 19.7. The van der Waals surface area contributed by atoms with Gasteiger partial charge in [0.2, 0.25) is 0 Å². The van der Waals surface area contributed by atoms with Crippen LogP contribution >= 0.6 is 0 Å². The smallest absolute Gasteiger partial charge is 0.255 e. The van der Waals surface area contributed by atoms with E-state index in [9.17, 15) is 4.79 Å². The van der Waals surface area contributed by atoms with E-state index in [1.807, 2.05) is 26.1 Å². The number of benzene rings is 1. The number of nitrogens with zero attached hydrogens (tertiary/aromatic N) is 3. The van der Waals surface area contributed by atoms with Crippen LogP contribution < -0.4 is 0 Å². The average Bonchev–Trinajstić information content (AvgIpc) is 2.93. The molecule has 0 unspecified atom stereocenters. The lowest BCUT2D eigenvalue weighted by atomic mass is 9.97. The Morgan fingerprint density at radius 3 is 2.56 bits per heavy atom. The number of hydrogen-bond donors (Lipinski definition) is 0. The van der Waals surface area contributed by atoms with Gasteiger partial charge in [-0.25, -0.2) is 0 Å². The molecule has 1 aromatic heterocycles. The molecule has 146 valence electrons. The van der Waals surface area contributed by atoms with Gasteiger partial charge in [0.25, 0.3) is 5.91 Å². The molecule has 0 radical (unpaired) electrons. The fraction of sp³-hybridized carbons (Fsp3) is 0.522. The molecule has 0 N–H and O–H groups in total. The molecule has 0 bridgehead atoms. The molecule has 2 aromatic rings. The Morgan fingerprint density at radius 2 is 1.93 bits per heavy atom. The zero-order chi connectivity index (χ0) is 19.4. The Hall–Kier alpha value is -2.07. The normalized spacial score (nSPS) is 17.9. The molecule has 27 heavy (non-hydrogen) atoms. The largest absolute Gasteiger partial charge is 0.351 e. The van der Waals surface area contributed by atoms with Crippen LogP contribution in [0.15, 0.2) is 36.4 Å². The van der Waals surface area contributed by atoms with Crippen LogP contribution in [-0.4, -0.2) is 53.5 Å². The maximum absolute atomic E-state index is 13.4. The minimum Gasteiger partial charge on any atom is -0.351 e. The zero-order valence-electron chi connectivity index (χ0n) is 17.2. The molecule has 2 heterocycles. The molecule has 4 nitrogen and oxygen atoms in total. The van der Waals surface area contributed by atoms with Gasteiger partial charge in [-0.1, -0.05) is 30.3 Å². The summed E-state index contributed by atoms with van der Waals surface area (Å²) < 4.78 is 2.11. The molecule has 1 aliphatic rings. The summed E-state index contributed by atoms with van der Waals surface area (Å²) in [7, 11) is 4.22. The highest BCUT2D eigenvalue weighted by Crippen LogP contribution is 2.20. The van der Waals surface area contributed by atoms with Crippen molar-refractivity contribution in [2.45, 2.75) is 33.1 Å². The SMILES string of the molecule is Cc1cc(C(=O)N(CCc2ccccc2)C[C@@H]2CCCN(C)C2)c(C)n1C. The Morgan fingerprint density at radius 1 is 1.19 bits per heavy atom. The average molecular weight is 368 g/mol. The van der Waals surface area contributed by atoms with Crippen molar-refractivity contribution in [3.8, 4) is 0 Å². The third-order valence-electron chi connectivity index (χ3n) is 6.01. The fourth-order valence-electron chi connectivity index (χ4n) is 4.16. The van der Waals surface area contributed by atoms with Crippen molar-refractivity contribution in [3.63, 3.8) is 0 Å². The molecular formula is C23H33N3O. The number of carbonyl (C=O) groups excluding carboxylic acids is 1. The van der Waals surface area contributed by atoms with Crippen LogP contribution in [0, 0.1) is 19.8 Å². The first-order chi connectivity index (χ1) is 13.0. The number of piperidine rings is 1. The first-order valence-corrected chi connectivity index (χ1v) is 10.1. The first-order valence-electron chi connectivity index (χ1n) is 10.1. The van der Waals surface area contributed by atoms with Crippen LogP contribution in [0.3, 0.4) is 0 Å². The minimum absolute atomic E-state index is 0.181. The molecule has 1 atom stereocenters. The van der Waals surface area contributed by atoms with Gasteiger partial charge < -0.3 is 14.4 Å². The van der Waals surface area contributed by atoms with Gasteiger partial charge in [-0.3, -0.25) is 4.79 Å². The lowest BCUT2D eigenvalue weighted by Gasteiger charge is -2.34. The van der Waals surface area contributed by atoms with Crippen molar-refractivity contribution in [1.29, 1.82) is 0 Å². The molecule has 4 heteroatoms. The highest BCUT2D eigenvalue weighted by atomic mass is 16.2. The van der Waals surface area contributed by atoms with Crippen molar-refractivity contribution >= 4 is 5.91 Å². The van der Waals surface area contributed by atoms with E-state index in [4.69, 9.17) is 0 Å². The van der Waals surface area contributed by atoms with Gasteiger partial charge in [0.15, 0.2) is 0 Å². The summed E-state index contributed by atoms with van der Waals surface area (Å²) in [6.45, 7) is 7.99. The molecule has 1 amide bonds. The lowest BCUT2D eigenvalue weighted by molar-refractivity contribution is 0.0692. The number of hydrogen-bond acceptors (Lipinski definition) is 2. The molecule has 0 spiro atoms. The summed E-state index contributed by atoms with van der Waals surface area (Å²) in [6.07, 6.45) is 3.34. The van der Waals surface area contributed by atoms with E-state index in [1.165, 1.54) is 24.9 Å². The zero-order valence-corrected chi connectivity index (χ0v) is 17.2. The second-order valence-electron chi connectivity index (χ2n) is 8.10. The molecule has 3 rings (SSSR count). The van der Waals surface area contributed by atoms with Crippen LogP contribution in [0.2, 0.25) is 0 Å². The quantitative estimate of drug-likeness (QED) is 0.779. The van der Waals surface area contributed by atoms with E-state index in [-0.39, 0.29) is 5.91 Å². The fourth-order valence-corrected chi connectivity index (χ4v) is 4.16. The number of rotatable bonds is 6. The van der Waals surface area contributed by atoms with E-state index in [2.05, 4.69) is 52.6 Å². The molecular weight excluding hydrogens is 334 g/mol. The van der Waals surface area contributed by atoms with Gasteiger partial charge >= 0.3 is 0 Å². The van der Waals surface area contributed by atoms with Gasteiger partial charge in [0.05, 0.1) is 5.56 Å². The topological polar surface area (TPSA) is 28.5 Å². The number of aromatic nitrogens is 1. The predicted octanol–water partition coefficient (Wildman–Crippen LogP) is 3.67. The Labute approximate surface area is 163 Å². The molecule has 1 fully saturated rings. The number of amides is 1. The maximum Gasteiger partial charge on any atom is 0.255 e. The highest BCUT2D eigenvalue weighted by molar-refractivity contribution is 5.95. The van der Waals surface area contributed by atoms with Gasteiger partial charge in [0, 0.05) is 38.1 Å². The summed E-state index contributed by atoms with van der Waals surface area (Å²) in [4.78, 5) is 17.9. The number of aryl methyl sites for hydroxylation is 1. The maximum atomic E-state index is 13.4. The summed E-state index contributed by atoms with van der Waals surface area (Å²) >= 11 is 0. The van der Waals surface area contributed by atoms with Crippen LogP contribution in [-0.2, 0) is 13.5 Å². The second kappa shape index (κ2) is 8.75. The van der Waals surface area contributed by atoms with Crippen molar-refractivity contribution in [2.24, 2.45) is 13.0 Å². The standard InChI is InChI=1S/C23H33N3O/c1-18-15-22(19(2)25(18)4)23(27)26(14-12-20-9-6-5-7-10-20)17-21-11-8-13-24(3)16-21/h5-7,9-10,15,21H,8,11-14,16-17H2,1-4H3/t21-/m1/s1. The third-order valence-corrected chi connectivity index (χ3v) is 6.01. The minimum atomic E-state index is 0.181. The Bertz CT molecular complexity index is 765. The van der Waals surface area contributed by atoms with Gasteiger partial charge in [-0.2, -0.15) is 0 Å². The van der Waals surface area contributed by atoms with E-state index in [0.29, 0.717) is 5.92 Å². The van der Waals surface area contributed by atoms with E-state index in [1.54, 1.807) is 0 Å². The van der Waals surface area contributed by atoms with Crippen LogP contribution in [0.1, 0.15) is 40.2 Å². The van der Waals surface area contributed by atoms with Crippen LogP contribution in [0.4, 0.5) is 0 Å². The van der Waals surface area contributed by atoms with Crippen molar-refractivity contribution in [1.82, 2.24) is 14.4 Å². The monoisotopic (exact) mass is 367 g/mol. The summed E-state index contributed by atoms with van der Waals surface area (Å²) in [5, 5.41) is 0. The van der Waals surface area contributed by atoms with Gasteiger partial charge in [0.1, 0.15) is 0 Å². The van der Waals surface area contributed by atoms with Crippen molar-refractivity contribution in [2.75, 3.05) is 33.2 Å². The summed E-state index contributed by atoms with van der Waals surface area (Å²) in [5.41, 5.74) is 4.34. The summed E-state index contributed by atoms with van der Waals surface area (Å²) in [6, 6.07) is 12.5. The molecule has 1 saturated heterocycles. The van der Waals surface area contributed by atoms with Gasteiger partial charge in [-0.05, 0) is 64.3 Å². The number of likely N-dealkylation sites (tertiary alicyclic amines) is 1. The molecule has 1 aliphatic heterocycles.